The first-order valence-corrected chi connectivity index (χ1v) is 6.18. The Labute approximate surface area is 119 Å². The number of methoxy groups -OCH3 is 1. The number of ether oxygens (including phenoxy) is 1. The fourth-order valence-electron chi connectivity index (χ4n) is 1.86. The predicted octanol–water partition coefficient (Wildman–Crippen LogP) is 3.61. The normalized spacial score (nSPS) is 11.5. The number of nitro benzene ring substituents is 1. The largest absolute Gasteiger partial charge is 0.490 e. The number of unbranched alkanes of at least 4 members (excludes halogenated alkanes) is 2. The first kappa shape index (κ1) is 17.7. The Morgan fingerprint density at radius 3 is 2.63 bits per heavy atom. The number of nitro groups is 1. The summed E-state index contributed by atoms with van der Waals surface area (Å²) in [6.07, 6.45) is 4.15. The van der Waals surface area contributed by atoms with Gasteiger partial charge in [0.25, 0.3) is 0 Å². The van der Waals surface area contributed by atoms with Crippen molar-refractivity contribution in [3.8, 4) is 5.75 Å². The van der Waals surface area contributed by atoms with Crippen LogP contribution in [0, 0.1) is 10.1 Å². The summed E-state index contributed by atoms with van der Waals surface area (Å²) in [4.78, 5) is 10.5. The topological polar surface area (TPSA) is 78.4 Å². The first-order valence-electron chi connectivity index (χ1n) is 6.18. The standard InChI is InChI=1S/C13H20N2O3.ClH/c1-3-4-5-6-11(14)10-7-8-13(18-2)12(9-10)15(16)17;/h7-9,11H,3-6,14H2,1-2H3;1H/t11-;/m0./s1. The lowest BCUT2D eigenvalue weighted by atomic mass is 10.0. The number of hydrogen-bond donors (Lipinski definition) is 1. The van der Waals surface area contributed by atoms with Crippen LogP contribution in [0.1, 0.15) is 44.2 Å². The summed E-state index contributed by atoms with van der Waals surface area (Å²) in [5.74, 6) is 0.268. The minimum absolute atomic E-state index is 0. The molecule has 0 saturated heterocycles. The fourth-order valence-corrected chi connectivity index (χ4v) is 1.86. The summed E-state index contributed by atoms with van der Waals surface area (Å²) in [5, 5.41) is 10.9. The van der Waals surface area contributed by atoms with Crippen LogP contribution < -0.4 is 10.5 Å². The lowest BCUT2D eigenvalue weighted by molar-refractivity contribution is -0.385. The SMILES string of the molecule is CCCCC[C@H](N)c1ccc(OC)c([N+](=O)[O-])c1.Cl. The Kier molecular flexibility index (Phi) is 8.11. The van der Waals surface area contributed by atoms with Crippen LogP contribution in [0.5, 0.6) is 5.75 Å². The number of hydrogen-bond acceptors (Lipinski definition) is 4. The molecule has 0 heterocycles. The smallest absolute Gasteiger partial charge is 0.311 e. The Morgan fingerprint density at radius 1 is 1.42 bits per heavy atom. The third-order valence-electron chi connectivity index (χ3n) is 2.95. The average Bonchev–Trinajstić information content (AvgIpc) is 2.38. The van der Waals surface area contributed by atoms with Gasteiger partial charge in [-0.25, -0.2) is 0 Å². The molecule has 0 fully saturated rings. The fraction of sp³-hybridized carbons (Fsp3) is 0.538. The number of halogens is 1. The van der Waals surface area contributed by atoms with Crippen LogP contribution in [0.25, 0.3) is 0 Å². The maximum atomic E-state index is 10.9. The Morgan fingerprint density at radius 2 is 2.11 bits per heavy atom. The molecular weight excluding hydrogens is 268 g/mol. The molecular formula is C13H21ClN2O3. The lowest BCUT2D eigenvalue weighted by Gasteiger charge is -2.12. The molecule has 0 aliphatic carbocycles. The van der Waals surface area contributed by atoms with Crippen molar-refractivity contribution < 1.29 is 9.66 Å². The molecule has 0 aromatic heterocycles. The number of benzene rings is 1. The van der Waals surface area contributed by atoms with Crippen LogP contribution in [0.4, 0.5) is 5.69 Å². The summed E-state index contributed by atoms with van der Waals surface area (Å²) in [6.45, 7) is 2.13. The van der Waals surface area contributed by atoms with Gasteiger partial charge in [0.2, 0.25) is 0 Å². The number of nitrogens with zero attached hydrogens (tertiary/aromatic N) is 1. The van der Waals surface area contributed by atoms with E-state index in [4.69, 9.17) is 10.5 Å². The van der Waals surface area contributed by atoms with E-state index in [1.165, 1.54) is 13.2 Å². The van der Waals surface area contributed by atoms with Gasteiger partial charge < -0.3 is 10.5 Å². The van der Waals surface area contributed by atoms with Crippen molar-refractivity contribution in [2.45, 2.75) is 38.6 Å². The molecule has 1 rings (SSSR count). The monoisotopic (exact) mass is 288 g/mol. The van der Waals surface area contributed by atoms with Gasteiger partial charge in [-0.1, -0.05) is 32.3 Å². The zero-order valence-corrected chi connectivity index (χ0v) is 12.1. The van der Waals surface area contributed by atoms with E-state index in [-0.39, 0.29) is 29.9 Å². The van der Waals surface area contributed by atoms with E-state index in [0.717, 1.165) is 31.2 Å². The van der Waals surface area contributed by atoms with Gasteiger partial charge in [-0.15, -0.1) is 12.4 Å². The molecule has 0 spiro atoms. The summed E-state index contributed by atoms with van der Waals surface area (Å²) in [5.41, 5.74) is 6.80. The van der Waals surface area contributed by atoms with Gasteiger partial charge in [0.1, 0.15) is 0 Å². The number of nitrogens with two attached hydrogens (primary N) is 1. The zero-order chi connectivity index (χ0) is 13.5. The molecule has 19 heavy (non-hydrogen) atoms. The van der Waals surface area contributed by atoms with E-state index in [9.17, 15) is 10.1 Å². The highest BCUT2D eigenvalue weighted by atomic mass is 35.5. The molecule has 5 nitrogen and oxygen atoms in total. The van der Waals surface area contributed by atoms with Crippen LogP contribution >= 0.6 is 12.4 Å². The molecule has 0 aliphatic heterocycles. The van der Waals surface area contributed by atoms with E-state index >= 15 is 0 Å². The van der Waals surface area contributed by atoms with Gasteiger partial charge in [0.15, 0.2) is 5.75 Å². The van der Waals surface area contributed by atoms with Crippen molar-refractivity contribution in [3.05, 3.63) is 33.9 Å². The van der Waals surface area contributed by atoms with Crippen molar-refractivity contribution in [2.24, 2.45) is 5.73 Å². The van der Waals surface area contributed by atoms with Gasteiger partial charge in [0, 0.05) is 12.1 Å². The van der Waals surface area contributed by atoms with Gasteiger partial charge in [-0.2, -0.15) is 0 Å². The molecule has 1 atom stereocenters. The van der Waals surface area contributed by atoms with Crippen LogP contribution in [0.3, 0.4) is 0 Å². The lowest BCUT2D eigenvalue weighted by Crippen LogP contribution is -2.10. The van der Waals surface area contributed by atoms with Crippen LogP contribution in [-0.4, -0.2) is 12.0 Å². The van der Waals surface area contributed by atoms with Crippen molar-refractivity contribution >= 4 is 18.1 Å². The van der Waals surface area contributed by atoms with Crippen molar-refractivity contribution in [1.82, 2.24) is 0 Å². The van der Waals surface area contributed by atoms with Crippen molar-refractivity contribution in [2.75, 3.05) is 7.11 Å². The van der Waals surface area contributed by atoms with E-state index in [2.05, 4.69) is 6.92 Å². The van der Waals surface area contributed by atoms with Gasteiger partial charge in [0.05, 0.1) is 12.0 Å². The highest BCUT2D eigenvalue weighted by Crippen LogP contribution is 2.30. The molecule has 0 amide bonds. The van der Waals surface area contributed by atoms with Crippen LogP contribution in [-0.2, 0) is 0 Å². The summed E-state index contributed by atoms with van der Waals surface area (Å²) < 4.78 is 4.96. The molecule has 1 aromatic carbocycles. The zero-order valence-electron chi connectivity index (χ0n) is 11.3. The molecule has 0 radical (unpaired) electrons. The summed E-state index contributed by atoms with van der Waals surface area (Å²) >= 11 is 0. The molecule has 108 valence electrons. The molecule has 2 N–H and O–H groups in total. The quantitative estimate of drug-likeness (QED) is 0.472. The Hall–Kier alpha value is -1.33. The molecule has 0 aliphatic rings. The van der Waals surface area contributed by atoms with Crippen molar-refractivity contribution in [3.63, 3.8) is 0 Å². The van der Waals surface area contributed by atoms with E-state index in [1.54, 1.807) is 12.1 Å². The Balaban J connectivity index is 0.00000324. The highest BCUT2D eigenvalue weighted by molar-refractivity contribution is 5.85. The maximum absolute atomic E-state index is 10.9. The molecule has 0 bridgehead atoms. The first-order chi connectivity index (χ1) is 8.60. The molecule has 6 heteroatoms. The van der Waals surface area contributed by atoms with Gasteiger partial charge in [-0.3, -0.25) is 10.1 Å². The van der Waals surface area contributed by atoms with E-state index in [0.29, 0.717) is 0 Å². The second-order valence-corrected chi connectivity index (χ2v) is 4.29. The van der Waals surface area contributed by atoms with E-state index < -0.39 is 4.92 Å². The third kappa shape index (κ3) is 5.04. The second kappa shape index (κ2) is 8.72. The minimum atomic E-state index is -0.443. The third-order valence-corrected chi connectivity index (χ3v) is 2.95. The van der Waals surface area contributed by atoms with Gasteiger partial charge in [-0.05, 0) is 18.1 Å². The molecule has 1 aromatic rings. The summed E-state index contributed by atoms with van der Waals surface area (Å²) in [6, 6.07) is 4.76. The number of rotatable bonds is 7. The van der Waals surface area contributed by atoms with Crippen molar-refractivity contribution in [1.29, 1.82) is 0 Å². The maximum Gasteiger partial charge on any atom is 0.311 e. The minimum Gasteiger partial charge on any atom is -0.490 e. The molecule has 0 saturated carbocycles. The Bertz CT molecular complexity index is 413. The van der Waals surface area contributed by atoms with Crippen LogP contribution in [0.15, 0.2) is 18.2 Å². The van der Waals surface area contributed by atoms with Gasteiger partial charge >= 0.3 is 5.69 Å². The van der Waals surface area contributed by atoms with Crippen LogP contribution in [0.2, 0.25) is 0 Å². The summed E-state index contributed by atoms with van der Waals surface area (Å²) in [7, 11) is 1.42. The second-order valence-electron chi connectivity index (χ2n) is 4.29. The average molecular weight is 289 g/mol. The molecule has 0 unspecified atom stereocenters. The highest BCUT2D eigenvalue weighted by Gasteiger charge is 2.17. The predicted molar refractivity (Wildman–Crippen MR) is 78.0 cm³/mol. The van der Waals surface area contributed by atoms with E-state index in [1.807, 2.05) is 0 Å².